The summed E-state index contributed by atoms with van der Waals surface area (Å²) >= 11 is 0. The smallest absolute Gasteiger partial charge is 0.119 e. The lowest BCUT2D eigenvalue weighted by atomic mass is 10.4. The summed E-state index contributed by atoms with van der Waals surface area (Å²) in [5.74, 6) is 0. The molecule has 0 aromatic carbocycles. The second-order valence-corrected chi connectivity index (χ2v) is 2.53. The Balaban J connectivity index is 3.28. The summed E-state index contributed by atoms with van der Waals surface area (Å²) in [7, 11) is 0. The van der Waals surface area contributed by atoms with Crippen molar-refractivity contribution >= 4 is 12.7 Å². The fraction of sp³-hybridized carbons (Fsp3) is 0.200. The number of nitrogens with zero attached hydrogens (tertiary/aromatic N) is 1. The van der Waals surface area contributed by atoms with Gasteiger partial charge in [0.05, 0.1) is 0 Å². The molecule has 0 saturated heterocycles. The van der Waals surface area contributed by atoms with Gasteiger partial charge in [0.25, 0.3) is 0 Å². The van der Waals surface area contributed by atoms with Crippen molar-refractivity contribution in [3.05, 3.63) is 35.0 Å². The molecule has 1 N–H and O–H groups in total. The Morgan fingerprint density at radius 1 is 1.67 bits per heavy atom. The van der Waals surface area contributed by atoms with Crippen molar-refractivity contribution in [3.8, 4) is 0 Å². The molecule has 2 nitrogen and oxygen atoms in total. The zero-order valence-electron chi connectivity index (χ0n) is 7.20. The van der Waals surface area contributed by atoms with Gasteiger partial charge in [-0.3, -0.25) is 0 Å². The summed E-state index contributed by atoms with van der Waals surface area (Å²) in [6.45, 7) is 5.79. The molecule has 0 aliphatic heterocycles. The van der Waals surface area contributed by atoms with Crippen LogP contribution in [0.2, 0.25) is 0 Å². The van der Waals surface area contributed by atoms with Gasteiger partial charge < -0.3 is 9.67 Å². The average molecular weight is 163 g/mol. The van der Waals surface area contributed by atoms with Crippen LogP contribution in [0.3, 0.4) is 0 Å². The van der Waals surface area contributed by atoms with E-state index in [1.54, 1.807) is 4.57 Å². The Hall–Kier alpha value is -1.28. The molecule has 0 spiro atoms. The van der Waals surface area contributed by atoms with E-state index in [0.717, 1.165) is 10.6 Å². The van der Waals surface area contributed by atoms with Gasteiger partial charge in [0.1, 0.15) is 6.73 Å². The van der Waals surface area contributed by atoms with Crippen molar-refractivity contribution in [2.24, 2.45) is 0 Å². The summed E-state index contributed by atoms with van der Waals surface area (Å²) in [6, 6.07) is 1.88. The van der Waals surface area contributed by atoms with Gasteiger partial charge in [-0.05, 0) is 24.3 Å². The molecule has 1 aromatic rings. The van der Waals surface area contributed by atoms with E-state index in [-0.39, 0.29) is 6.73 Å². The zero-order valence-corrected chi connectivity index (χ0v) is 7.20. The summed E-state index contributed by atoms with van der Waals surface area (Å²) in [4.78, 5) is 0. The van der Waals surface area contributed by atoms with Crippen molar-refractivity contribution < 1.29 is 5.11 Å². The van der Waals surface area contributed by atoms with Crippen molar-refractivity contribution in [3.63, 3.8) is 0 Å². The van der Waals surface area contributed by atoms with Crippen LogP contribution in [-0.4, -0.2) is 9.67 Å². The Morgan fingerprint density at radius 3 is 3.00 bits per heavy atom. The van der Waals surface area contributed by atoms with Crippen molar-refractivity contribution in [2.75, 3.05) is 0 Å². The summed E-state index contributed by atoms with van der Waals surface area (Å²) in [5.41, 5.74) is 0. The Kier molecular flexibility index (Phi) is 2.88. The minimum Gasteiger partial charge on any atom is -0.376 e. The van der Waals surface area contributed by atoms with Crippen LogP contribution in [0, 0.1) is 0 Å². The third-order valence-corrected chi connectivity index (χ3v) is 1.69. The predicted molar refractivity (Wildman–Crippen MR) is 50.7 cm³/mol. The zero-order chi connectivity index (χ0) is 8.97. The Bertz CT molecular complexity index is 373. The molecule has 0 aliphatic rings. The van der Waals surface area contributed by atoms with Gasteiger partial charge >= 0.3 is 0 Å². The molecule has 1 heterocycles. The lowest BCUT2D eigenvalue weighted by Gasteiger charge is -1.94. The number of aliphatic hydroxyl groups excluding tert-OH is 1. The molecule has 0 amide bonds. The number of allylic oxidation sites excluding steroid dienone is 2. The number of aromatic nitrogens is 1. The van der Waals surface area contributed by atoms with E-state index < -0.39 is 0 Å². The largest absolute Gasteiger partial charge is 0.376 e. The molecule has 12 heavy (non-hydrogen) atoms. The first kappa shape index (κ1) is 8.81. The van der Waals surface area contributed by atoms with E-state index >= 15 is 0 Å². The van der Waals surface area contributed by atoms with E-state index in [2.05, 4.69) is 6.58 Å². The standard InChI is InChI=1S/C10H13NO/c1-3-4-5-10-9(2)6-7-11(10)8-12/h3-7,12H,2,8H2,1H3/b4-3-,10-5+. The molecule has 0 bridgehead atoms. The van der Waals surface area contributed by atoms with Crippen LogP contribution in [0.25, 0.3) is 12.7 Å². The van der Waals surface area contributed by atoms with Crippen LogP contribution >= 0.6 is 0 Å². The Labute approximate surface area is 71.8 Å². The van der Waals surface area contributed by atoms with Gasteiger partial charge in [-0.25, -0.2) is 0 Å². The molecule has 0 unspecified atom stereocenters. The first-order valence-corrected chi connectivity index (χ1v) is 3.87. The lowest BCUT2D eigenvalue weighted by molar-refractivity contribution is 0.207. The highest BCUT2D eigenvalue weighted by Gasteiger charge is 1.89. The molecule has 0 fully saturated rings. The van der Waals surface area contributed by atoms with Gasteiger partial charge in [-0.2, -0.15) is 0 Å². The number of aliphatic hydroxyl groups is 1. The van der Waals surface area contributed by atoms with Crippen LogP contribution in [-0.2, 0) is 6.73 Å². The second kappa shape index (κ2) is 3.93. The van der Waals surface area contributed by atoms with Crippen molar-refractivity contribution in [1.29, 1.82) is 0 Å². The van der Waals surface area contributed by atoms with Crippen LogP contribution in [0.1, 0.15) is 6.92 Å². The van der Waals surface area contributed by atoms with Gasteiger partial charge in [0.15, 0.2) is 0 Å². The number of hydrogen-bond donors (Lipinski definition) is 1. The maximum atomic E-state index is 8.92. The normalized spacial score (nSPS) is 13.0. The molecule has 1 aromatic heterocycles. The van der Waals surface area contributed by atoms with E-state index in [4.69, 9.17) is 5.11 Å². The lowest BCUT2D eigenvalue weighted by Crippen LogP contribution is -2.27. The topological polar surface area (TPSA) is 25.2 Å². The van der Waals surface area contributed by atoms with E-state index in [0.29, 0.717) is 0 Å². The van der Waals surface area contributed by atoms with Gasteiger partial charge in [-0.1, -0.05) is 18.7 Å². The SMILES string of the molecule is C=c1ccn(CO)/c1=C/C=C\C. The minimum absolute atomic E-state index is 0.00108. The molecular formula is C10H13NO. The first-order chi connectivity index (χ1) is 5.79. The Morgan fingerprint density at radius 2 is 2.42 bits per heavy atom. The van der Waals surface area contributed by atoms with Crippen molar-refractivity contribution in [2.45, 2.75) is 13.7 Å². The highest BCUT2D eigenvalue weighted by Crippen LogP contribution is 1.76. The van der Waals surface area contributed by atoms with Crippen LogP contribution in [0.4, 0.5) is 0 Å². The third kappa shape index (κ3) is 1.66. The first-order valence-electron chi connectivity index (χ1n) is 3.87. The second-order valence-electron chi connectivity index (χ2n) is 2.53. The maximum Gasteiger partial charge on any atom is 0.119 e. The summed E-state index contributed by atoms with van der Waals surface area (Å²) < 4.78 is 1.74. The highest BCUT2D eigenvalue weighted by atomic mass is 16.3. The number of rotatable bonds is 2. The summed E-state index contributed by atoms with van der Waals surface area (Å²) in [6.07, 6.45) is 7.61. The van der Waals surface area contributed by atoms with Crippen LogP contribution in [0.15, 0.2) is 24.4 Å². The molecule has 64 valence electrons. The predicted octanol–water partition coefficient (Wildman–Crippen LogP) is 0.205. The van der Waals surface area contributed by atoms with Gasteiger partial charge in [0.2, 0.25) is 0 Å². The molecule has 0 atom stereocenters. The van der Waals surface area contributed by atoms with E-state index in [9.17, 15) is 0 Å². The van der Waals surface area contributed by atoms with Gasteiger partial charge in [-0.15, -0.1) is 0 Å². The van der Waals surface area contributed by atoms with Crippen molar-refractivity contribution in [1.82, 2.24) is 4.57 Å². The molecule has 2 heteroatoms. The average Bonchev–Trinajstić information content (AvgIpc) is 2.43. The van der Waals surface area contributed by atoms with E-state index in [1.807, 2.05) is 37.4 Å². The fourth-order valence-electron chi connectivity index (χ4n) is 1.04. The monoisotopic (exact) mass is 163 g/mol. The number of hydrogen-bond acceptors (Lipinski definition) is 1. The summed E-state index contributed by atoms with van der Waals surface area (Å²) in [5, 5.41) is 10.8. The van der Waals surface area contributed by atoms with Gasteiger partial charge in [0, 0.05) is 11.5 Å². The third-order valence-electron chi connectivity index (χ3n) is 1.69. The molecule has 0 aliphatic carbocycles. The molecular weight excluding hydrogens is 150 g/mol. The maximum absolute atomic E-state index is 8.92. The molecule has 1 rings (SSSR count). The fourth-order valence-corrected chi connectivity index (χ4v) is 1.04. The van der Waals surface area contributed by atoms with Crippen LogP contribution in [0.5, 0.6) is 0 Å². The molecule has 0 saturated carbocycles. The quantitative estimate of drug-likeness (QED) is 0.662. The molecule has 0 radical (unpaired) electrons. The van der Waals surface area contributed by atoms with Crippen LogP contribution < -0.4 is 10.6 Å². The van der Waals surface area contributed by atoms with E-state index in [1.165, 1.54) is 0 Å². The highest BCUT2D eigenvalue weighted by molar-refractivity contribution is 5.35. The minimum atomic E-state index is -0.00108.